The Labute approximate surface area is 182 Å². The lowest BCUT2D eigenvalue weighted by atomic mass is 10.2. The number of benzene rings is 3. The summed E-state index contributed by atoms with van der Waals surface area (Å²) in [7, 11) is 1.74. The Kier molecular flexibility index (Phi) is 5.61. The molecule has 4 rings (SSSR count). The van der Waals surface area contributed by atoms with Crippen molar-refractivity contribution in [3.05, 3.63) is 100 Å². The van der Waals surface area contributed by atoms with Crippen LogP contribution in [0.2, 0.25) is 5.02 Å². The number of para-hydroxylation sites is 1. The average Bonchev–Trinajstić information content (AvgIpc) is 3.00. The number of halogens is 2. The molecule has 0 radical (unpaired) electrons. The molecule has 1 heterocycles. The van der Waals surface area contributed by atoms with Crippen LogP contribution in [0.5, 0.6) is 0 Å². The number of hydrogen-bond acceptors (Lipinski definition) is 4. The molecule has 3 aromatic carbocycles. The van der Waals surface area contributed by atoms with Crippen molar-refractivity contribution in [2.45, 2.75) is 4.90 Å². The van der Waals surface area contributed by atoms with E-state index in [1.807, 2.05) is 60.7 Å². The third-order valence-corrected chi connectivity index (χ3v) is 5.99. The van der Waals surface area contributed by atoms with Crippen LogP contribution in [0.15, 0.2) is 94.4 Å². The SMILES string of the molecule is CN(C1=C(Sc2ccccc2)C(=O)N(c2ccc(F)c(Cl)c2)C1=O)c1ccccc1. The summed E-state index contributed by atoms with van der Waals surface area (Å²) in [6, 6.07) is 22.4. The Morgan fingerprint density at radius 3 is 2.17 bits per heavy atom. The number of anilines is 2. The van der Waals surface area contributed by atoms with Gasteiger partial charge in [-0.15, -0.1) is 0 Å². The van der Waals surface area contributed by atoms with Crippen LogP contribution in [0.1, 0.15) is 0 Å². The average molecular weight is 439 g/mol. The van der Waals surface area contributed by atoms with Crippen molar-refractivity contribution in [2.75, 3.05) is 16.8 Å². The summed E-state index contributed by atoms with van der Waals surface area (Å²) >= 11 is 7.11. The maximum Gasteiger partial charge on any atom is 0.283 e. The topological polar surface area (TPSA) is 40.6 Å². The summed E-state index contributed by atoms with van der Waals surface area (Å²) in [4.78, 5) is 30.5. The van der Waals surface area contributed by atoms with Crippen LogP contribution in [-0.2, 0) is 9.59 Å². The van der Waals surface area contributed by atoms with Gasteiger partial charge in [0.2, 0.25) is 0 Å². The molecule has 0 spiro atoms. The van der Waals surface area contributed by atoms with Crippen LogP contribution < -0.4 is 9.80 Å². The number of hydrogen-bond donors (Lipinski definition) is 0. The number of carbonyl (C=O) groups excluding carboxylic acids is 2. The molecule has 3 aromatic rings. The molecule has 0 bridgehead atoms. The van der Waals surface area contributed by atoms with Crippen LogP contribution in [0.3, 0.4) is 0 Å². The third-order valence-electron chi connectivity index (χ3n) is 4.62. The van der Waals surface area contributed by atoms with Crippen LogP contribution in [0, 0.1) is 5.82 Å². The highest BCUT2D eigenvalue weighted by Gasteiger charge is 2.42. The second-order valence-corrected chi connectivity index (χ2v) is 8.02. The van der Waals surface area contributed by atoms with Gasteiger partial charge < -0.3 is 4.90 Å². The predicted molar refractivity (Wildman–Crippen MR) is 118 cm³/mol. The van der Waals surface area contributed by atoms with Gasteiger partial charge in [0.1, 0.15) is 16.4 Å². The van der Waals surface area contributed by atoms with Gasteiger partial charge in [0.05, 0.1) is 10.7 Å². The third kappa shape index (κ3) is 3.72. The van der Waals surface area contributed by atoms with Gasteiger partial charge in [-0.05, 0) is 42.5 Å². The van der Waals surface area contributed by atoms with Crippen molar-refractivity contribution in [1.82, 2.24) is 0 Å². The molecule has 0 atom stereocenters. The van der Waals surface area contributed by atoms with E-state index in [1.54, 1.807) is 11.9 Å². The monoisotopic (exact) mass is 438 g/mol. The van der Waals surface area contributed by atoms with Gasteiger partial charge in [-0.3, -0.25) is 9.59 Å². The van der Waals surface area contributed by atoms with Crippen LogP contribution in [0.25, 0.3) is 0 Å². The van der Waals surface area contributed by atoms with E-state index in [0.717, 1.165) is 21.5 Å². The van der Waals surface area contributed by atoms with Crippen molar-refractivity contribution in [3.8, 4) is 0 Å². The molecule has 150 valence electrons. The van der Waals surface area contributed by atoms with Crippen LogP contribution >= 0.6 is 23.4 Å². The Morgan fingerprint density at radius 2 is 1.53 bits per heavy atom. The zero-order valence-electron chi connectivity index (χ0n) is 15.9. The van der Waals surface area contributed by atoms with Gasteiger partial charge in [0.15, 0.2) is 0 Å². The molecule has 30 heavy (non-hydrogen) atoms. The van der Waals surface area contributed by atoms with E-state index in [-0.39, 0.29) is 21.3 Å². The molecule has 4 nitrogen and oxygen atoms in total. The van der Waals surface area contributed by atoms with Gasteiger partial charge in [0.25, 0.3) is 11.8 Å². The number of carbonyl (C=O) groups is 2. The van der Waals surface area contributed by atoms with E-state index in [2.05, 4.69) is 0 Å². The number of nitrogens with zero attached hydrogens (tertiary/aromatic N) is 2. The van der Waals surface area contributed by atoms with E-state index >= 15 is 0 Å². The molecule has 0 unspecified atom stereocenters. The van der Waals surface area contributed by atoms with E-state index in [0.29, 0.717) is 0 Å². The molecule has 1 aliphatic rings. The minimum absolute atomic E-state index is 0.157. The molecule has 1 aliphatic heterocycles. The molecule has 2 amide bonds. The first kappa shape index (κ1) is 20.2. The highest BCUT2D eigenvalue weighted by molar-refractivity contribution is 8.04. The summed E-state index contributed by atoms with van der Waals surface area (Å²) < 4.78 is 13.6. The lowest BCUT2D eigenvalue weighted by Crippen LogP contribution is -2.34. The minimum Gasteiger partial charge on any atom is -0.339 e. The molecule has 0 aromatic heterocycles. The lowest BCUT2D eigenvalue weighted by Gasteiger charge is -2.21. The molecule has 0 N–H and O–H groups in total. The Morgan fingerprint density at radius 1 is 0.900 bits per heavy atom. The fourth-order valence-electron chi connectivity index (χ4n) is 3.13. The van der Waals surface area contributed by atoms with Gasteiger partial charge in [-0.25, -0.2) is 9.29 Å². The number of amides is 2. The summed E-state index contributed by atoms with van der Waals surface area (Å²) in [5.74, 6) is -1.59. The maximum atomic E-state index is 13.6. The van der Waals surface area contributed by atoms with Crippen molar-refractivity contribution in [2.24, 2.45) is 0 Å². The summed E-state index contributed by atoms with van der Waals surface area (Å²) in [5, 5.41) is -0.157. The second-order valence-electron chi connectivity index (χ2n) is 6.53. The number of likely N-dealkylation sites (N-methyl/N-ethyl adjacent to an activating group) is 1. The number of thioether (sulfide) groups is 1. The first-order valence-electron chi connectivity index (χ1n) is 9.07. The fraction of sp³-hybridized carbons (Fsp3) is 0.0435. The normalized spacial score (nSPS) is 13.9. The first-order valence-corrected chi connectivity index (χ1v) is 10.3. The Bertz CT molecular complexity index is 1150. The second kappa shape index (κ2) is 8.34. The van der Waals surface area contributed by atoms with Gasteiger partial charge in [0, 0.05) is 17.6 Å². The van der Waals surface area contributed by atoms with Gasteiger partial charge in [-0.1, -0.05) is 59.8 Å². The zero-order valence-corrected chi connectivity index (χ0v) is 17.5. The van der Waals surface area contributed by atoms with E-state index in [4.69, 9.17) is 11.6 Å². The van der Waals surface area contributed by atoms with Gasteiger partial charge >= 0.3 is 0 Å². The highest BCUT2D eigenvalue weighted by atomic mass is 35.5. The summed E-state index contributed by atoms with van der Waals surface area (Å²) in [6.07, 6.45) is 0. The van der Waals surface area contributed by atoms with Crippen molar-refractivity contribution >= 4 is 46.6 Å². The first-order chi connectivity index (χ1) is 14.5. The fourth-order valence-corrected chi connectivity index (χ4v) is 4.33. The van der Waals surface area contributed by atoms with Crippen molar-refractivity contribution in [3.63, 3.8) is 0 Å². The minimum atomic E-state index is -0.618. The van der Waals surface area contributed by atoms with E-state index in [1.165, 1.54) is 23.9 Å². The molecular formula is C23H16ClFN2O2S. The molecule has 0 fully saturated rings. The van der Waals surface area contributed by atoms with Crippen molar-refractivity contribution < 1.29 is 14.0 Å². The standard InChI is InChI=1S/C23H16ClFN2O2S/c1-26(15-8-4-2-5-9-15)20-21(30-17-10-6-3-7-11-17)23(29)27(22(20)28)16-12-13-19(25)18(24)14-16/h2-14H,1H3. The molecule has 7 heteroatoms. The molecule has 0 saturated carbocycles. The zero-order chi connectivity index (χ0) is 21.3. The number of rotatable bonds is 5. The van der Waals surface area contributed by atoms with E-state index in [9.17, 15) is 14.0 Å². The largest absolute Gasteiger partial charge is 0.339 e. The van der Waals surface area contributed by atoms with Gasteiger partial charge in [-0.2, -0.15) is 0 Å². The highest BCUT2D eigenvalue weighted by Crippen LogP contribution is 2.40. The quantitative estimate of drug-likeness (QED) is 0.494. The van der Waals surface area contributed by atoms with Crippen molar-refractivity contribution in [1.29, 1.82) is 0 Å². The molecular weight excluding hydrogens is 423 g/mol. The molecule has 0 aliphatic carbocycles. The predicted octanol–water partition coefficient (Wildman–Crippen LogP) is 5.49. The maximum absolute atomic E-state index is 13.6. The summed E-state index contributed by atoms with van der Waals surface area (Å²) in [6.45, 7) is 0. The summed E-state index contributed by atoms with van der Waals surface area (Å²) in [5.41, 5.74) is 1.23. The number of imide groups is 1. The van der Waals surface area contributed by atoms with E-state index < -0.39 is 17.6 Å². The van der Waals surface area contributed by atoms with Crippen LogP contribution in [-0.4, -0.2) is 18.9 Å². The van der Waals surface area contributed by atoms with Crippen LogP contribution in [0.4, 0.5) is 15.8 Å². The molecule has 0 saturated heterocycles. The lowest BCUT2D eigenvalue weighted by molar-refractivity contribution is -0.120. The smallest absolute Gasteiger partial charge is 0.283 e. The Balaban J connectivity index is 1.80. The Hall–Kier alpha value is -3.09.